The Hall–Kier alpha value is -2.83. The van der Waals surface area contributed by atoms with Gasteiger partial charge in [-0.1, -0.05) is 18.2 Å². The number of para-hydroxylation sites is 1. The number of carbonyl (C=O) groups is 3. The van der Waals surface area contributed by atoms with E-state index in [0.29, 0.717) is 17.8 Å². The van der Waals surface area contributed by atoms with Crippen LogP contribution >= 0.6 is 0 Å². The number of nitrogens with one attached hydrogen (secondary N) is 3. The molecule has 4 aliphatic rings. The molecule has 0 spiro atoms. The van der Waals surface area contributed by atoms with E-state index in [0.717, 1.165) is 30.2 Å². The smallest absolute Gasteiger partial charge is 0.355 e. The molecule has 1 aromatic heterocycles. The lowest BCUT2D eigenvalue weighted by Gasteiger charge is -2.56. The van der Waals surface area contributed by atoms with Crippen LogP contribution in [0.25, 0.3) is 10.9 Å². The third-order valence-electron chi connectivity index (χ3n) is 7.06. The standard InChI is InChI=1S/C23H27N3O4/c1-13(30-21(28)19-9-17-4-2-3-5-18(17)24-19)20(27)25-22(29)26-23-10-14-6-15(11-23)8-16(7-14)12-23/h2-5,9,13-16,24H,6-8,10-12H2,1H3,(H2,25,26,27,29)/t13-,14?,15?,16?,23?/m1/s1. The Balaban J connectivity index is 1.17. The molecule has 4 aliphatic carbocycles. The molecule has 6 rings (SSSR count). The SMILES string of the molecule is C[C@@H](OC(=O)c1cc2ccccc2[nH]1)C(=O)NC(=O)NC12CC3CC(CC(C3)C1)C2. The Bertz CT molecular complexity index is 943. The van der Waals surface area contributed by atoms with Gasteiger partial charge in [0, 0.05) is 16.4 Å². The molecule has 0 unspecified atom stereocenters. The molecular formula is C23H27N3O4. The maximum absolute atomic E-state index is 12.5. The Labute approximate surface area is 174 Å². The van der Waals surface area contributed by atoms with Crippen molar-refractivity contribution in [1.29, 1.82) is 0 Å². The first-order chi connectivity index (χ1) is 14.4. The van der Waals surface area contributed by atoms with E-state index in [-0.39, 0.29) is 11.2 Å². The van der Waals surface area contributed by atoms with Crippen LogP contribution in [0.1, 0.15) is 55.9 Å². The molecule has 0 radical (unpaired) electrons. The fourth-order valence-electron chi connectivity index (χ4n) is 6.21. The van der Waals surface area contributed by atoms with Crippen LogP contribution < -0.4 is 10.6 Å². The molecule has 7 heteroatoms. The summed E-state index contributed by atoms with van der Waals surface area (Å²) in [6.45, 7) is 1.47. The van der Waals surface area contributed by atoms with Crippen LogP contribution in [0.4, 0.5) is 4.79 Å². The van der Waals surface area contributed by atoms with Gasteiger partial charge in [0.1, 0.15) is 5.69 Å². The van der Waals surface area contributed by atoms with Crippen molar-refractivity contribution < 1.29 is 19.1 Å². The molecule has 4 saturated carbocycles. The van der Waals surface area contributed by atoms with E-state index in [4.69, 9.17) is 4.74 Å². The number of rotatable bonds is 4. The summed E-state index contributed by atoms with van der Waals surface area (Å²) in [4.78, 5) is 40.3. The predicted octanol–water partition coefficient (Wildman–Crippen LogP) is 3.51. The topological polar surface area (TPSA) is 100 Å². The van der Waals surface area contributed by atoms with E-state index in [9.17, 15) is 14.4 Å². The Morgan fingerprint density at radius 2 is 1.70 bits per heavy atom. The highest BCUT2D eigenvalue weighted by molar-refractivity contribution is 5.99. The first-order valence-corrected chi connectivity index (χ1v) is 10.8. The van der Waals surface area contributed by atoms with Crippen LogP contribution in [0, 0.1) is 17.8 Å². The van der Waals surface area contributed by atoms with Crippen molar-refractivity contribution in [1.82, 2.24) is 15.6 Å². The van der Waals surface area contributed by atoms with Crippen LogP contribution in [0.2, 0.25) is 0 Å². The van der Waals surface area contributed by atoms with Crippen molar-refractivity contribution in [2.24, 2.45) is 17.8 Å². The third kappa shape index (κ3) is 3.57. The van der Waals surface area contributed by atoms with Crippen molar-refractivity contribution in [2.45, 2.75) is 57.1 Å². The lowest BCUT2D eigenvalue weighted by atomic mass is 9.53. The second kappa shape index (κ2) is 7.15. The van der Waals surface area contributed by atoms with Gasteiger partial charge in [0.25, 0.3) is 5.91 Å². The molecule has 1 atom stereocenters. The Kier molecular flexibility index (Phi) is 4.56. The van der Waals surface area contributed by atoms with Gasteiger partial charge in [0.2, 0.25) is 0 Å². The van der Waals surface area contributed by atoms with Crippen LogP contribution in [0.5, 0.6) is 0 Å². The van der Waals surface area contributed by atoms with E-state index < -0.39 is 24.0 Å². The molecular weight excluding hydrogens is 382 g/mol. The van der Waals surface area contributed by atoms with Crippen LogP contribution in [-0.4, -0.2) is 34.5 Å². The number of ether oxygens (including phenoxy) is 1. The van der Waals surface area contributed by atoms with Gasteiger partial charge in [0.05, 0.1) is 0 Å². The highest BCUT2D eigenvalue weighted by Gasteiger charge is 2.51. The summed E-state index contributed by atoms with van der Waals surface area (Å²) in [5, 5.41) is 6.34. The summed E-state index contributed by atoms with van der Waals surface area (Å²) in [5.41, 5.74) is 0.911. The normalized spacial score (nSPS) is 30.1. The Morgan fingerprint density at radius 1 is 1.07 bits per heavy atom. The van der Waals surface area contributed by atoms with Crippen LogP contribution in [-0.2, 0) is 9.53 Å². The van der Waals surface area contributed by atoms with E-state index in [2.05, 4.69) is 15.6 Å². The number of aromatic nitrogens is 1. The fourth-order valence-corrected chi connectivity index (χ4v) is 6.21. The van der Waals surface area contributed by atoms with Gasteiger partial charge in [-0.05, 0) is 75.3 Å². The fraction of sp³-hybridized carbons (Fsp3) is 0.522. The Morgan fingerprint density at radius 3 is 2.33 bits per heavy atom. The van der Waals surface area contributed by atoms with E-state index >= 15 is 0 Å². The van der Waals surface area contributed by atoms with Crippen LogP contribution in [0.15, 0.2) is 30.3 Å². The zero-order valence-corrected chi connectivity index (χ0v) is 17.1. The summed E-state index contributed by atoms with van der Waals surface area (Å²) in [6, 6.07) is 8.68. The number of urea groups is 1. The summed E-state index contributed by atoms with van der Waals surface area (Å²) in [5.74, 6) is 0.840. The first kappa shape index (κ1) is 19.2. The molecule has 158 valence electrons. The van der Waals surface area contributed by atoms with Gasteiger partial charge in [-0.3, -0.25) is 10.1 Å². The molecule has 2 aromatic rings. The highest BCUT2D eigenvalue weighted by Crippen LogP contribution is 2.55. The van der Waals surface area contributed by atoms with Gasteiger partial charge in [-0.2, -0.15) is 0 Å². The molecule has 0 aliphatic heterocycles. The quantitative estimate of drug-likeness (QED) is 0.673. The maximum atomic E-state index is 12.5. The van der Waals surface area contributed by atoms with E-state index in [1.54, 1.807) is 6.07 Å². The van der Waals surface area contributed by atoms with Crippen molar-refractivity contribution >= 4 is 28.8 Å². The number of amides is 3. The van der Waals surface area contributed by atoms with E-state index in [1.165, 1.54) is 26.2 Å². The molecule has 1 aromatic carbocycles. The zero-order valence-electron chi connectivity index (χ0n) is 17.1. The molecule has 3 amide bonds. The third-order valence-corrected chi connectivity index (χ3v) is 7.06. The first-order valence-electron chi connectivity index (χ1n) is 10.8. The van der Waals surface area contributed by atoms with Gasteiger partial charge < -0.3 is 15.0 Å². The molecule has 7 nitrogen and oxygen atoms in total. The number of H-pyrrole nitrogens is 1. The lowest BCUT2D eigenvalue weighted by Crippen LogP contribution is -2.62. The van der Waals surface area contributed by atoms with Gasteiger partial charge in [-0.25, -0.2) is 9.59 Å². The number of aromatic amines is 1. The van der Waals surface area contributed by atoms with Crippen molar-refractivity contribution in [3.63, 3.8) is 0 Å². The summed E-state index contributed by atoms with van der Waals surface area (Å²) in [7, 11) is 0. The summed E-state index contributed by atoms with van der Waals surface area (Å²) in [6.07, 6.45) is 5.78. The van der Waals surface area contributed by atoms with Gasteiger partial charge in [0.15, 0.2) is 6.10 Å². The monoisotopic (exact) mass is 409 g/mol. The molecule has 0 saturated heterocycles. The molecule has 1 heterocycles. The highest BCUT2D eigenvalue weighted by atomic mass is 16.5. The van der Waals surface area contributed by atoms with Crippen molar-refractivity contribution in [2.75, 3.05) is 0 Å². The van der Waals surface area contributed by atoms with Crippen LogP contribution in [0.3, 0.4) is 0 Å². The molecule has 30 heavy (non-hydrogen) atoms. The van der Waals surface area contributed by atoms with Crippen molar-refractivity contribution in [3.05, 3.63) is 36.0 Å². The number of benzene rings is 1. The molecule has 4 fully saturated rings. The minimum absolute atomic E-state index is 0.177. The molecule has 4 bridgehead atoms. The van der Waals surface area contributed by atoms with E-state index in [1.807, 2.05) is 24.3 Å². The van der Waals surface area contributed by atoms with Gasteiger partial charge in [-0.15, -0.1) is 0 Å². The van der Waals surface area contributed by atoms with Gasteiger partial charge >= 0.3 is 12.0 Å². The minimum atomic E-state index is -1.08. The van der Waals surface area contributed by atoms with Crippen molar-refractivity contribution in [3.8, 4) is 0 Å². The predicted molar refractivity (Wildman–Crippen MR) is 111 cm³/mol. The number of fused-ring (bicyclic) bond motifs is 1. The number of hydrogen-bond donors (Lipinski definition) is 3. The number of esters is 1. The second-order valence-electron chi connectivity index (χ2n) is 9.46. The number of hydrogen-bond acceptors (Lipinski definition) is 4. The number of carbonyl (C=O) groups excluding carboxylic acids is 3. The average molecular weight is 409 g/mol. The average Bonchev–Trinajstić information content (AvgIpc) is 3.10. The summed E-state index contributed by atoms with van der Waals surface area (Å²) >= 11 is 0. The molecule has 3 N–H and O–H groups in total. The maximum Gasteiger partial charge on any atom is 0.355 e. The zero-order chi connectivity index (χ0) is 20.9. The second-order valence-corrected chi connectivity index (χ2v) is 9.46. The summed E-state index contributed by atoms with van der Waals surface area (Å²) < 4.78 is 5.26. The minimum Gasteiger partial charge on any atom is -0.448 e. The largest absolute Gasteiger partial charge is 0.448 e. The number of imide groups is 1. The lowest BCUT2D eigenvalue weighted by molar-refractivity contribution is -0.128.